The van der Waals surface area contributed by atoms with E-state index in [0.717, 1.165) is 32.7 Å². The van der Waals surface area contributed by atoms with Crippen molar-refractivity contribution in [1.82, 2.24) is 9.80 Å². The van der Waals surface area contributed by atoms with Crippen LogP contribution in [0.2, 0.25) is 0 Å². The van der Waals surface area contributed by atoms with Gasteiger partial charge in [-0.05, 0) is 40.1 Å². The lowest BCUT2D eigenvalue weighted by atomic mass is 9.96. The minimum absolute atomic E-state index is 0.119. The number of ether oxygens (including phenoxy) is 1. The Hall–Kier alpha value is -2.43. The molecule has 4 heteroatoms. The summed E-state index contributed by atoms with van der Waals surface area (Å²) in [4.78, 5) is 16.4. The molecule has 0 amide bonds. The fourth-order valence-electron chi connectivity index (χ4n) is 4.00. The molecule has 1 fully saturated rings. The molecule has 1 aliphatic rings. The van der Waals surface area contributed by atoms with Crippen LogP contribution in [0.3, 0.4) is 0 Å². The van der Waals surface area contributed by atoms with E-state index in [1.54, 1.807) is 0 Å². The van der Waals surface area contributed by atoms with E-state index < -0.39 is 0 Å². The Balaban J connectivity index is 1.53. The number of hydrogen-bond donors (Lipinski definition) is 0. The molecule has 3 aromatic rings. The second kappa shape index (κ2) is 8.07. The minimum atomic E-state index is -0.119. The standard InChI is InChI=1S/C23H26N2O2/c1-2-27-23(26)17-25-13-11-24(12-14-25)16-22-20-9-5-3-7-18(20)15-19-8-4-6-10-21(19)22/h3-10,15H,2,11-14,16-17H2,1H3. The van der Waals surface area contributed by atoms with Gasteiger partial charge < -0.3 is 4.74 Å². The molecule has 0 aromatic heterocycles. The second-order valence-corrected chi connectivity index (χ2v) is 7.15. The molecule has 0 atom stereocenters. The molecule has 0 spiro atoms. The lowest BCUT2D eigenvalue weighted by molar-refractivity contribution is -0.144. The van der Waals surface area contributed by atoms with Crippen molar-refractivity contribution >= 4 is 27.5 Å². The van der Waals surface area contributed by atoms with Crippen molar-refractivity contribution in [2.45, 2.75) is 13.5 Å². The first-order valence-corrected chi connectivity index (χ1v) is 9.74. The Morgan fingerprint density at radius 1 is 0.889 bits per heavy atom. The number of rotatable bonds is 5. The van der Waals surface area contributed by atoms with E-state index in [4.69, 9.17) is 4.74 Å². The van der Waals surface area contributed by atoms with Crippen LogP contribution in [0.5, 0.6) is 0 Å². The molecular weight excluding hydrogens is 336 g/mol. The predicted octanol–water partition coefficient (Wildman–Crippen LogP) is 3.67. The number of hydrogen-bond acceptors (Lipinski definition) is 4. The molecule has 27 heavy (non-hydrogen) atoms. The molecule has 0 unspecified atom stereocenters. The van der Waals surface area contributed by atoms with Crippen LogP contribution in [-0.4, -0.2) is 55.1 Å². The van der Waals surface area contributed by atoms with Gasteiger partial charge in [0.2, 0.25) is 0 Å². The normalized spacial score (nSPS) is 16.0. The largest absolute Gasteiger partial charge is 0.465 e. The first-order valence-electron chi connectivity index (χ1n) is 9.74. The highest BCUT2D eigenvalue weighted by Gasteiger charge is 2.20. The molecule has 140 valence electrons. The molecular formula is C23H26N2O2. The molecule has 1 aliphatic heterocycles. The van der Waals surface area contributed by atoms with Gasteiger partial charge in [-0.15, -0.1) is 0 Å². The summed E-state index contributed by atoms with van der Waals surface area (Å²) >= 11 is 0. The van der Waals surface area contributed by atoms with Crippen molar-refractivity contribution in [2.75, 3.05) is 39.3 Å². The van der Waals surface area contributed by atoms with Crippen molar-refractivity contribution in [2.24, 2.45) is 0 Å². The molecule has 0 aliphatic carbocycles. The van der Waals surface area contributed by atoms with Crippen LogP contribution in [-0.2, 0) is 16.1 Å². The summed E-state index contributed by atoms with van der Waals surface area (Å²) in [6.45, 7) is 7.39. The first-order chi connectivity index (χ1) is 13.2. The van der Waals surface area contributed by atoms with Crippen LogP contribution in [0.4, 0.5) is 0 Å². The van der Waals surface area contributed by atoms with Gasteiger partial charge in [-0.2, -0.15) is 0 Å². The van der Waals surface area contributed by atoms with Gasteiger partial charge in [-0.25, -0.2) is 0 Å². The molecule has 3 aromatic carbocycles. The average molecular weight is 362 g/mol. The van der Waals surface area contributed by atoms with Crippen LogP contribution in [0.15, 0.2) is 54.6 Å². The van der Waals surface area contributed by atoms with Gasteiger partial charge in [0.15, 0.2) is 0 Å². The van der Waals surface area contributed by atoms with Gasteiger partial charge in [0.05, 0.1) is 13.2 Å². The van der Waals surface area contributed by atoms with Crippen molar-refractivity contribution < 1.29 is 9.53 Å². The smallest absolute Gasteiger partial charge is 0.320 e. The molecule has 0 N–H and O–H groups in total. The SMILES string of the molecule is CCOC(=O)CN1CCN(Cc2c3ccccc3cc3ccccc23)CC1. The number of carbonyl (C=O) groups excluding carboxylic acids is 1. The molecule has 4 rings (SSSR count). The summed E-state index contributed by atoms with van der Waals surface area (Å²) < 4.78 is 5.07. The molecule has 0 bridgehead atoms. The lowest BCUT2D eigenvalue weighted by Crippen LogP contribution is -2.47. The summed E-state index contributed by atoms with van der Waals surface area (Å²) in [6, 6.07) is 19.6. The number of fused-ring (bicyclic) bond motifs is 2. The third-order valence-corrected chi connectivity index (χ3v) is 5.39. The molecule has 4 nitrogen and oxygen atoms in total. The number of carbonyl (C=O) groups is 1. The monoisotopic (exact) mass is 362 g/mol. The van der Waals surface area contributed by atoms with E-state index >= 15 is 0 Å². The third kappa shape index (κ3) is 3.97. The Bertz CT molecular complexity index is 891. The van der Waals surface area contributed by atoms with E-state index in [0.29, 0.717) is 13.2 Å². The maximum Gasteiger partial charge on any atom is 0.320 e. The van der Waals surface area contributed by atoms with Crippen LogP contribution in [0.25, 0.3) is 21.5 Å². The molecule has 1 saturated heterocycles. The van der Waals surface area contributed by atoms with Crippen molar-refractivity contribution in [3.05, 3.63) is 60.2 Å². The van der Waals surface area contributed by atoms with E-state index in [1.165, 1.54) is 27.1 Å². The van der Waals surface area contributed by atoms with Crippen molar-refractivity contribution in [1.29, 1.82) is 0 Å². The number of piperazine rings is 1. The number of nitrogens with zero attached hydrogens (tertiary/aromatic N) is 2. The van der Waals surface area contributed by atoms with Crippen molar-refractivity contribution in [3.8, 4) is 0 Å². The Kier molecular flexibility index (Phi) is 5.37. The summed E-state index contributed by atoms with van der Waals surface area (Å²) in [6.07, 6.45) is 0. The van der Waals surface area contributed by atoms with E-state index in [-0.39, 0.29) is 5.97 Å². The topological polar surface area (TPSA) is 32.8 Å². The maximum absolute atomic E-state index is 11.7. The highest BCUT2D eigenvalue weighted by Crippen LogP contribution is 2.29. The van der Waals surface area contributed by atoms with Crippen molar-refractivity contribution in [3.63, 3.8) is 0 Å². The van der Waals surface area contributed by atoms with Gasteiger partial charge in [0, 0.05) is 32.7 Å². The zero-order valence-corrected chi connectivity index (χ0v) is 15.9. The van der Waals surface area contributed by atoms with Crippen LogP contribution >= 0.6 is 0 Å². The fourth-order valence-corrected chi connectivity index (χ4v) is 4.00. The van der Waals surface area contributed by atoms with Gasteiger partial charge in [0.1, 0.15) is 0 Å². The Labute approximate surface area is 160 Å². The predicted molar refractivity (Wildman–Crippen MR) is 110 cm³/mol. The zero-order chi connectivity index (χ0) is 18.6. The van der Waals surface area contributed by atoms with E-state index in [2.05, 4.69) is 64.4 Å². The summed E-state index contributed by atoms with van der Waals surface area (Å²) in [5, 5.41) is 5.27. The summed E-state index contributed by atoms with van der Waals surface area (Å²) in [7, 11) is 0. The average Bonchev–Trinajstić information content (AvgIpc) is 2.69. The zero-order valence-electron chi connectivity index (χ0n) is 15.9. The van der Waals surface area contributed by atoms with Crippen LogP contribution < -0.4 is 0 Å². The first kappa shape index (κ1) is 18.0. The number of esters is 1. The fraction of sp³-hybridized carbons (Fsp3) is 0.348. The number of benzene rings is 3. The molecule has 0 saturated carbocycles. The minimum Gasteiger partial charge on any atom is -0.465 e. The highest BCUT2D eigenvalue weighted by atomic mass is 16.5. The van der Waals surface area contributed by atoms with Crippen LogP contribution in [0.1, 0.15) is 12.5 Å². The van der Waals surface area contributed by atoms with Crippen LogP contribution in [0, 0.1) is 0 Å². The Morgan fingerprint density at radius 3 is 2.04 bits per heavy atom. The summed E-state index contributed by atoms with van der Waals surface area (Å²) in [5.41, 5.74) is 1.41. The Morgan fingerprint density at radius 2 is 1.44 bits per heavy atom. The molecule has 0 radical (unpaired) electrons. The lowest BCUT2D eigenvalue weighted by Gasteiger charge is -2.34. The quantitative estimate of drug-likeness (QED) is 0.512. The van der Waals surface area contributed by atoms with Gasteiger partial charge in [0.25, 0.3) is 0 Å². The van der Waals surface area contributed by atoms with Gasteiger partial charge >= 0.3 is 5.97 Å². The van der Waals surface area contributed by atoms with E-state index in [9.17, 15) is 4.79 Å². The van der Waals surface area contributed by atoms with Gasteiger partial charge in [-0.1, -0.05) is 48.5 Å². The second-order valence-electron chi connectivity index (χ2n) is 7.15. The maximum atomic E-state index is 11.7. The molecule has 1 heterocycles. The van der Waals surface area contributed by atoms with E-state index in [1.807, 2.05) is 6.92 Å². The summed E-state index contributed by atoms with van der Waals surface area (Å²) in [5.74, 6) is -0.119. The third-order valence-electron chi connectivity index (χ3n) is 5.39. The van der Waals surface area contributed by atoms with Gasteiger partial charge in [-0.3, -0.25) is 14.6 Å². The highest BCUT2D eigenvalue weighted by molar-refractivity contribution is 6.02.